The molecule has 0 spiro atoms. The van der Waals surface area contributed by atoms with Gasteiger partial charge in [0.1, 0.15) is 123 Å². The lowest BCUT2D eigenvalue weighted by atomic mass is 9.88. The summed E-state index contributed by atoms with van der Waals surface area (Å²) in [6.07, 6.45) is -49.6. The summed E-state index contributed by atoms with van der Waals surface area (Å²) in [6, 6.07) is -1.85. The molecule has 0 bridgehead atoms. The van der Waals surface area contributed by atoms with E-state index in [1.165, 1.54) is 0 Å². The molecule has 386 valence electrons. The maximum atomic E-state index is 13.0. The number of ether oxygens (including phenoxy) is 8. The third-order valence-electron chi connectivity index (χ3n) is 11.4. The molecule has 31 nitrogen and oxygen atoms in total. The lowest BCUT2D eigenvalue weighted by molar-refractivity contribution is -0.384. The molecule has 4 fully saturated rings. The number of carboxylic acids is 1. The van der Waals surface area contributed by atoms with Gasteiger partial charge in [0, 0.05) is 6.42 Å². The molecule has 0 aromatic rings. The van der Waals surface area contributed by atoms with Gasteiger partial charge < -0.3 is 145 Å². The number of hydrogen-bond donors (Lipinski definition) is 21. The number of hydrogen-bond acceptors (Lipinski definition) is 29. The molecule has 21 N–H and O–H groups in total. The Morgan fingerprint density at radius 3 is 1.77 bits per heavy atom. The van der Waals surface area contributed by atoms with E-state index < -0.39 is 217 Å². The minimum Gasteiger partial charge on any atom is -0.477 e. The van der Waals surface area contributed by atoms with Crippen molar-refractivity contribution < 1.29 is 150 Å². The van der Waals surface area contributed by atoms with Gasteiger partial charge in [0.2, 0.25) is 5.91 Å². The predicted molar refractivity (Wildman–Crippen MR) is 199 cm³/mol. The van der Waals surface area contributed by atoms with E-state index >= 15 is 0 Å². The lowest BCUT2D eigenvalue weighted by Gasteiger charge is -2.50. The van der Waals surface area contributed by atoms with Crippen LogP contribution < -0.4 is 5.32 Å². The van der Waals surface area contributed by atoms with Gasteiger partial charge in [-0.15, -0.1) is 0 Å². The number of aliphatic carboxylic acids is 1. The summed E-state index contributed by atoms with van der Waals surface area (Å²) in [5, 5.41) is 210. The fraction of sp³-hybridized carbons (Fsp3) is 0.943. The zero-order chi connectivity index (χ0) is 49.5. The molecule has 1 amide bonds. The van der Waals surface area contributed by atoms with Crippen molar-refractivity contribution in [2.45, 2.75) is 159 Å². The maximum absolute atomic E-state index is 13.0. The van der Waals surface area contributed by atoms with E-state index in [1.807, 2.05) is 0 Å². The number of carbonyl (C=O) groups excluding carboxylic acids is 1. The van der Waals surface area contributed by atoms with Crippen LogP contribution in [-0.2, 0) is 47.5 Å². The standard InChI is InChI=1S/C35H61NO30/c37-2-10(44)18(48)27(12(46)4-39)63-33-26(56)30(66-35(34(57)58)1-9(43)17(36-16(47)7-42)29(65-35)19(49)11(45)3-38)21(51)15(62-33)8-59-31-25(55)23(53)28(14(6-41)61-31)64-32-24(54)22(52)20(50)13(5-40)60-32/h9-15,17-33,37-46,48-56H,1-8H2,(H,36,47)(H,57,58)/t9-,10-,11+,12+,13+,14+,15+,17+,18+,19+,20-,21-,22-,23+,24+,25+,26+,27+,28-,29+,30-,31+,32-,33-,35-/m0/s1. The summed E-state index contributed by atoms with van der Waals surface area (Å²) < 4.78 is 44.2. The second-order valence-corrected chi connectivity index (χ2v) is 15.9. The van der Waals surface area contributed by atoms with Gasteiger partial charge >= 0.3 is 5.97 Å². The molecule has 4 heterocycles. The minimum absolute atomic E-state index is 0.871. The van der Waals surface area contributed by atoms with Gasteiger partial charge in [0.15, 0.2) is 18.9 Å². The molecule has 0 aromatic carbocycles. The van der Waals surface area contributed by atoms with E-state index in [0.29, 0.717) is 0 Å². The number of amides is 1. The van der Waals surface area contributed by atoms with Gasteiger partial charge in [-0.3, -0.25) is 4.79 Å². The van der Waals surface area contributed by atoms with Crippen molar-refractivity contribution in [1.29, 1.82) is 0 Å². The number of carboxylic acid groups (broad SMARTS) is 1. The molecule has 0 unspecified atom stereocenters. The summed E-state index contributed by atoms with van der Waals surface area (Å²) in [5.74, 6) is -6.69. The second kappa shape index (κ2) is 24.6. The SMILES string of the molecule is O=C(CO)N[C@H]1[C@H]([C@H](O)[C@H](O)CO)O[C@@](O[C@H]2[C@@H](O)[C@@H](CO[C@@H]3O[C@H](CO)[C@H](O[C@@H]4O[C@H](CO)[C@H](O)[C@H](O)[C@H]4O)[C@H](O)[C@H]3O)O[C@@H](O[C@@H]([C@H](O)[C@@H](O)CO)[C@H](O)CO)[C@@H]2O)(C(=O)O)C[C@@H]1O. The third-order valence-corrected chi connectivity index (χ3v) is 11.4. The maximum Gasteiger partial charge on any atom is 0.364 e. The Labute approximate surface area is 372 Å². The molecule has 4 aliphatic heterocycles. The van der Waals surface area contributed by atoms with Crippen LogP contribution in [0, 0.1) is 0 Å². The first-order chi connectivity index (χ1) is 31.1. The van der Waals surface area contributed by atoms with Crippen molar-refractivity contribution in [2.75, 3.05) is 46.2 Å². The number of aliphatic hydroxyl groups excluding tert-OH is 19. The van der Waals surface area contributed by atoms with Gasteiger partial charge in [0.25, 0.3) is 5.79 Å². The monoisotopic (exact) mass is 975 g/mol. The Bertz CT molecular complexity index is 1500. The predicted octanol–water partition coefficient (Wildman–Crippen LogP) is -14.0. The molecule has 31 heteroatoms. The highest BCUT2D eigenvalue weighted by Crippen LogP contribution is 2.38. The highest BCUT2D eigenvalue weighted by Gasteiger charge is 2.60. The zero-order valence-corrected chi connectivity index (χ0v) is 34.5. The normalized spacial score (nSPS) is 42.7. The second-order valence-electron chi connectivity index (χ2n) is 15.9. The van der Waals surface area contributed by atoms with Crippen LogP contribution >= 0.6 is 0 Å². The minimum atomic E-state index is -3.33. The Hall–Kier alpha value is -2.14. The van der Waals surface area contributed by atoms with E-state index in [0.717, 1.165) is 0 Å². The van der Waals surface area contributed by atoms with Crippen LogP contribution in [0.3, 0.4) is 0 Å². The smallest absolute Gasteiger partial charge is 0.364 e. The largest absolute Gasteiger partial charge is 0.477 e. The van der Waals surface area contributed by atoms with Gasteiger partial charge in [-0.2, -0.15) is 0 Å². The number of carbonyl (C=O) groups is 2. The van der Waals surface area contributed by atoms with E-state index in [2.05, 4.69) is 5.32 Å². The fourth-order valence-electron chi connectivity index (χ4n) is 7.62. The van der Waals surface area contributed by atoms with Crippen LogP contribution in [0.1, 0.15) is 6.42 Å². The lowest BCUT2D eigenvalue weighted by Crippen LogP contribution is -2.71. The van der Waals surface area contributed by atoms with Crippen molar-refractivity contribution in [3.63, 3.8) is 0 Å². The molecular formula is C35H61NO30. The Morgan fingerprint density at radius 2 is 1.21 bits per heavy atom. The quantitative estimate of drug-likeness (QED) is 0.0479. The highest BCUT2D eigenvalue weighted by atomic mass is 16.8. The number of aliphatic hydroxyl groups is 19. The average molecular weight is 976 g/mol. The zero-order valence-electron chi connectivity index (χ0n) is 34.5. The highest BCUT2D eigenvalue weighted by molar-refractivity contribution is 5.78. The number of rotatable bonds is 22. The van der Waals surface area contributed by atoms with Crippen LogP contribution in [0.25, 0.3) is 0 Å². The molecule has 0 aromatic heterocycles. The van der Waals surface area contributed by atoms with Gasteiger partial charge in [-0.25, -0.2) is 4.79 Å². The van der Waals surface area contributed by atoms with Crippen molar-refractivity contribution in [2.24, 2.45) is 0 Å². The molecule has 4 saturated heterocycles. The van der Waals surface area contributed by atoms with Gasteiger partial charge in [0.05, 0.1) is 51.8 Å². The van der Waals surface area contributed by atoms with Crippen LogP contribution in [0.15, 0.2) is 0 Å². The van der Waals surface area contributed by atoms with Gasteiger partial charge in [-0.05, 0) is 0 Å². The topological polar surface area (TPSA) is 525 Å². The summed E-state index contributed by atoms with van der Waals surface area (Å²) in [6.45, 7) is -7.76. The van der Waals surface area contributed by atoms with Crippen LogP contribution in [-0.4, -0.2) is 313 Å². The summed E-state index contributed by atoms with van der Waals surface area (Å²) in [7, 11) is 0. The summed E-state index contributed by atoms with van der Waals surface area (Å²) >= 11 is 0. The Balaban J connectivity index is 1.67. The van der Waals surface area contributed by atoms with E-state index in [9.17, 15) is 112 Å². The van der Waals surface area contributed by atoms with E-state index in [-0.39, 0.29) is 0 Å². The molecule has 0 saturated carbocycles. The molecule has 0 aliphatic carbocycles. The Kier molecular flexibility index (Phi) is 21.1. The molecular weight excluding hydrogens is 914 g/mol. The molecule has 25 atom stereocenters. The summed E-state index contributed by atoms with van der Waals surface area (Å²) in [5.41, 5.74) is 0. The third kappa shape index (κ3) is 12.4. The average Bonchev–Trinajstić information content (AvgIpc) is 3.30. The first kappa shape index (κ1) is 56.4. The first-order valence-electron chi connectivity index (χ1n) is 20.3. The molecule has 0 radical (unpaired) electrons. The van der Waals surface area contributed by atoms with Crippen molar-refractivity contribution in [3.05, 3.63) is 0 Å². The first-order valence-corrected chi connectivity index (χ1v) is 20.3. The van der Waals surface area contributed by atoms with Crippen LogP contribution in [0.4, 0.5) is 0 Å². The van der Waals surface area contributed by atoms with Crippen LogP contribution in [0.5, 0.6) is 0 Å². The van der Waals surface area contributed by atoms with E-state index in [1.54, 1.807) is 0 Å². The molecule has 66 heavy (non-hydrogen) atoms. The van der Waals surface area contributed by atoms with Crippen molar-refractivity contribution in [1.82, 2.24) is 5.32 Å². The summed E-state index contributed by atoms with van der Waals surface area (Å²) in [4.78, 5) is 25.1. The van der Waals surface area contributed by atoms with E-state index in [4.69, 9.17) is 37.9 Å². The van der Waals surface area contributed by atoms with Crippen molar-refractivity contribution >= 4 is 11.9 Å². The Morgan fingerprint density at radius 1 is 0.636 bits per heavy atom. The molecule has 4 rings (SSSR count). The van der Waals surface area contributed by atoms with Crippen molar-refractivity contribution in [3.8, 4) is 0 Å². The van der Waals surface area contributed by atoms with Crippen LogP contribution in [0.2, 0.25) is 0 Å². The number of nitrogens with one attached hydrogen (secondary N) is 1. The fourth-order valence-corrected chi connectivity index (χ4v) is 7.62. The van der Waals surface area contributed by atoms with Gasteiger partial charge in [-0.1, -0.05) is 0 Å². The molecule has 4 aliphatic rings.